The fourth-order valence-corrected chi connectivity index (χ4v) is 6.29. The van der Waals surface area contributed by atoms with E-state index in [-0.39, 0.29) is 11.6 Å². The molecule has 4 aromatic rings. The van der Waals surface area contributed by atoms with E-state index in [1.54, 1.807) is 75.4 Å². The van der Waals surface area contributed by atoms with Gasteiger partial charge < -0.3 is 14.5 Å². The summed E-state index contributed by atoms with van der Waals surface area (Å²) in [5.41, 5.74) is 1.77. The van der Waals surface area contributed by atoms with Gasteiger partial charge in [0, 0.05) is 22.6 Å². The maximum Gasteiger partial charge on any atom is 0.412 e. The second-order valence-electron chi connectivity index (χ2n) is 10.2. The number of halogens is 1. The first-order chi connectivity index (χ1) is 18.5. The number of hydrogen-bond acceptors (Lipinski definition) is 6. The Labute approximate surface area is 225 Å². The third-order valence-corrected chi connectivity index (χ3v) is 8.47. The van der Waals surface area contributed by atoms with Crippen LogP contribution < -0.4 is 10.6 Å². The number of fused-ring (bicyclic) bond motifs is 1. The minimum absolute atomic E-state index is 0.0378. The van der Waals surface area contributed by atoms with Crippen LogP contribution in [-0.2, 0) is 14.5 Å². The van der Waals surface area contributed by atoms with E-state index in [1.807, 2.05) is 0 Å². The maximum atomic E-state index is 13.5. The lowest BCUT2D eigenvalue weighted by molar-refractivity contribution is 0.0635. The van der Waals surface area contributed by atoms with Crippen molar-refractivity contribution in [2.75, 3.05) is 22.9 Å². The second-order valence-corrected chi connectivity index (χ2v) is 12.6. The molecule has 8 nitrogen and oxygen atoms in total. The number of ether oxygens (including phenoxy) is 1. The predicted molar refractivity (Wildman–Crippen MR) is 149 cm³/mol. The summed E-state index contributed by atoms with van der Waals surface area (Å²) in [6, 6.07) is 17.7. The number of anilines is 2. The topological polar surface area (TPSA) is 110 Å². The lowest BCUT2D eigenvalue weighted by atomic mass is 10.0. The molecule has 0 saturated heterocycles. The third-order valence-electron chi connectivity index (χ3n) is 6.04. The molecule has 1 aromatic heterocycles. The van der Waals surface area contributed by atoms with Crippen LogP contribution in [0.15, 0.2) is 80.4 Å². The van der Waals surface area contributed by atoms with Gasteiger partial charge in [0.15, 0.2) is 5.76 Å². The molecule has 0 aliphatic carbocycles. The highest BCUT2D eigenvalue weighted by atomic mass is 32.2. The van der Waals surface area contributed by atoms with E-state index in [0.29, 0.717) is 45.1 Å². The lowest BCUT2D eigenvalue weighted by Gasteiger charge is -2.21. The summed E-state index contributed by atoms with van der Waals surface area (Å²) >= 11 is 0. The standard InChI is InChI=1S/C29H28FN3O5S/c1-29(2,3)38-28(35)33-23-11-7-19(18-5-8-21(30)9-6-18)16-24(23)32-27(34)26-17-20-15-22(10-12-25(20)37-26)39(36)14-4-13-31-39/h5-12,15-17H,4,13-14H2,1-3H3,(H,32,34)(H,33,35). The minimum Gasteiger partial charge on any atom is -0.451 e. The van der Waals surface area contributed by atoms with Gasteiger partial charge in [-0.15, -0.1) is 0 Å². The van der Waals surface area contributed by atoms with E-state index in [2.05, 4.69) is 15.0 Å². The van der Waals surface area contributed by atoms with E-state index in [0.717, 1.165) is 12.0 Å². The zero-order chi connectivity index (χ0) is 27.8. The van der Waals surface area contributed by atoms with Crippen molar-refractivity contribution >= 4 is 44.1 Å². The van der Waals surface area contributed by atoms with Gasteiger partial charge >= 0.3 is 6.09 Å². The molecule has 0 saturated carbocycles. The molecule has 1 unspecified atom stereocenters. The molecule has 3 aromatic carbocycles. The summed E-state index contributed by atoms with van der Waals surface area (Å²) in [5, 5.41) is 6.11. The molecular weight excluding hydrogens is 521 g/mol. The van der Waals surface area contributed by atoms with Crippen LogP contribution in [0.4, 0.5) is 20.6 Å². The Kier molecular flexibility index (Phi) is 6.90. The fourth-order valence-electron chi connectivity index (χ4n) is 4.24. The molecule has 10 heteroatoms. The van der Waals surface area contributed by atoms with E-state index in [4.69, 9.17) is 9.15 Å². The van der Waals surface area contributed by atoms with Crippen LogP contribution in [0.1, 0.15) is 37.7 Å². The van der Waals surface area contributed by atoms with Crippen molar-refractivity contribution < 1.29 is 27.3 Å². The number of amides is 2. The van der Waals surface area contributed by atoms with E-state index in [1.165, 1.54) is 12.1 Å². The van der Waals surface area contributed by atoms with Crippen molar-refractivity contribution in [1.82, 2.24) is 0 Å². The number of carbonyl (C=O) groups is 2. The second kappa shape index (κ2) is 10.2. The van der Waals surface area contributed by atoms with Crippen molar-refractivity contribution in [3.05, 3.63) is 78.3 Å². The molecule has 0 fully saturated rings. The molecular formula is C29H28FN3O5S. The Morgan fingerprint density at radius 2 is 1.69 bits per heavy atom. The summed E-state index contributed by atoms with van der Waals surface area (Å²) in [4.78, 5) is 26.4. The van der Waals surface area contributed by atoms with Crippen LogP contribution in [-0.4, -0.2) is 34.1 Å². The highest BCUT2D eigenvalue weighted by molar-refractivity contribution is 7.93. The molecule has 39 heavy (non-hydrogen) atoms. The molecule has 2 N–H and O–H groups in total. The van der Waals surface area contributed by atoms with Gasteiger partial charge in [0.25, 0.3) is 5.91 Å². The number of hydrogen-bond donors (Lipinski definition) is 2. The largest absolute Gasteiger partial charge is 0.451 e. The van der Waals surface area contributed by atoms with Crippen LogP contribution in [0.25, 0.3) is 22.1 Å². The van der Waals surface area contributed by atoms with Crippen molar-refractivity contribution in [2.24, 2.45) is 4.36 Å². The Bertz CT molecular complexity index is 1700. The number of rotatable bonds is 5. The Hall–Kier alpha value is -4.18. The summed E-state index contributed by atoms with van der Waals surface area (Å²) in [5.74, 6) is -0.363. The van der Waals surface area contributed by atoms with Gasteiger partial charge in [-0.05, 0) is 86.8 Å². The summed E-state index contributed by atoms with van der Waals surface area (Å²) < 4.78 is 41.9. The van der Waals surface area contributed by atoms with Gasteiger partial charge in [0.05, 0.1) is 21.1 Å². The first-order valence-electron chi connectivity index (χ1n) is 12.4. The molecule has 1 atom stereocenters. The van der Waals surface area contributed by atoms with Crippen molar-refractivity contribution in [3.63, 3.8) is 0 Å². The van der Waals surface area contributed by atoms with Gasteiger partial charge in [-0.25, -0.2) is 17.8 Å². The van der Waals surface area contributed by atoms with E-state index < -0.39 is 27.3 Å². The fraction of sp³-hybridized carbons (Fsp3) is 0.241. The van der Waals surface area contributed by atoms with Crippen LogP contribution in [0.5, 0.6) is 0 Å². The summed E-state index contributed by atoms with van der Waals surface area (Å²) in [6.07, 6.45) is 0.0993. The summed E-state index contributed by atoms with van der Waals surface area (Å²) in [6.45, 7) is 5.82. The molecule has 0 bridgehead atoms. The molecule has 2 heterocycles. The Balaban J connectivity index is 1.46. The van der Waals surface area contributed by atoms with E-state index >= 15 is 0 Å². The van der Waals surface area contributed by atoms with Crippen molar-refractivity contribution in [2.45, 2.75) is 37.7 Å². The lowest BCUT2D eigenvalue weighted by Crippen LogP contribution is -2.27. The SMILES string of the molecule is CC(C)(C)OC(=O)Nc1ccc(-c2ccc(F)cc2)cc1NC(=O)c1cc2cc(S3(=O)=NCCC3)ccc2o1. The quantitative estimate of drug-likeness (QED) is 0.277. The normalized spacial score (nSPS) is 17.0. The average Bonchev–Trinajstić information content (AvgIpc) is 3.51. The zero-order valence-corrected chi connectivity index (χ0v) is 22.6. The van der Waals surface area contributed by atoms with Crippen LogP contribution >= 0.6 is 0 Å². The highest BCUT2D eigenvalue weighted by Crippen LogP contribution is 2.32. The number of nitrogens with one attached hydrogen (secondary N) is 2. The first-order valence-corrected chi connectivity index (χ1v) is 14.1. The smallest absolute Gasteiger partial charge is 0.412 e. The van der Waals surface area contributed by atoms with E-state index in [9.17, 15) is 18.2 Å². The van der Waals surface area contributed by atoms with Crippen LogP contribution in [0, 0.1) is 5.82 Å². The van der Waals surface area contributed by atoms with Crippen molar-refractivity contribution in [1.29, 1.82) is 0 Å². The summed E-state index contributed by atoms with van der Waals surface area (Å²) in [7, 11) is -2.44. The monoisotopic (exact) mass is 549 g/mol. The van der Waals surface area contributed by atoms with Crippen LogP contribution in [0.3, 0.4) is 0 Å². The van der Waals surface area contributed by atoms with Crippen LogP contribution in [0.2, 0.25) is 0 Å². The zero-order valence-electron chi connectivity index (χ0n) is 21.7. The minimum atomic E-state index is -2.44. The van der Waals surface area contributed by atoms with Crippen molar-refractivity contribution in [3.8, 4) is 11.1 Å². The maximum absolute atomic E-state index is 13.5. The number of furan rings is 1. The molecule has 0 radical (unpaired) electrons. The molecule has 202 valence electrons. The Morgan fingerprint density at radius 3 is 2.38 bits per heavy atom. The highest BCUT2D eigenvalue weighted by Gasteiger charge is 2.21. The predicted octanol–water partition coefficient (Wildman–Crippen LogP) is 7.07. The third kappa shape index (κ3) is 5.96. The molecule has 2 amide bonds. The number of benzene rings is 3. The van der Waals surface area contributed by atoms with Gasteiger partial charge in [0.2, 0.25) is 0 Å². The molecule has 0 spiro atoms. The average molecular weight is 550 g/mol. The number of nitrogens with zero attached hydrogens (tertiary/aromatic N) is 1. The molecule has 1 aliphatic rings. The van der Waals surface area contributed by atoms with Gasteiger partial charge in [-0.3, -0.25) is 10.1 Å². The Morgan fingerprint density at radius 1 is 0.949 bits per heavy atom. The first kappa shape index (κ1) is 26.4. The molecule has 1 aliphatic heterocycles. The van der Waals surface area contributed by atoms with Gasteiger partial charge in [-0.2, -0.15) is 0 Å². The number of carbonyl (C=O) groups excluding carboxylic acids is 2. The van der Waals surface area contributed by atoms with Gasteiger partial charge in [0.1, 0.15) is 17.0 Å². The van der Waals surface area contributed by atoms with Gasteiger partial charge in [-0.1, -0.05) is 18.2 Å². The molecule has 5 rings (SSSR count).